The molecule has 0 N–H and O–H groups in total. The number of carbonyl (C=O) groups is 1. The lowest BCUT2D eigenvalue weighted by molar-refractivity contribution is -0.126. The molecule has 1 amide bonds. The Morgan fingerprint density at radius 1 is 1.19 bits per heavy atom. The van der Waals surface area contributed by atoms with Gasteiger partial charge in [-0.1, -0.05) is 18.2 Å². The zero-order chi connectivity index (χ0) is 18.5. The summed E-state index contributed by atoms with van der Waals surface area (Å²) < 4.78 is 13.0. The molecule has 1 atom stereocenters. The quantitative estimate of drug-likeness (QED) is 0.583. The predicted molar refractivity (Wildman–Crippen MR) is 104 cm³/mol. The summed E-state index contributed by atoms with van der Waals surface area (Å²) in [6.07, 6.45) is 6.87. The van der Waals surface area contributed by atoms with Crippen LogP contribution in [-0.2, 0) is 4.79 Å². The van der Waals surface area contributed by atoms with E-state index in [0.29, 0.717) is 0 Å². The highest BCUT2D eigenvalue weighted by Gasteiger charge is 2.15. The van der Waals surface area contributed by atoms with E-state index in [0.717, 1.165) is 20.9 Å². The molecule has 0 unspecified atom stereocenters. The summed E-state index contributed by atoms with van der Waals surface area (Å²) >= 11 is 1.56. The summed E-state index contributed by atoms with van der Waals surface area (Å²) in [6.45, 7) is 1.97. The summed E-state index contributed by atoms with van der Waals surface area (Å²) in [5.41, 5.74) is 1.95. The lowest BCUT2D eigenvalue weighted by Gasteiger charge is -2.23. The second-order valence-electron chi connectivity index (χ2n) is 5.95. The standard InChI is InChI=1S/C21H19FN2OS/c1-15(17-4-3-13-23-14-17)24(2)21(25)12-10-19-9-11-20(26-19)16-5-7-18(22)8-6-16/h3-15H,1-2H3/b12-10+/t15-/m1/s1. The van der Waals surface area contributed by atoms with Crippen LogP contribution >= 0.6 is 11.3 Å². The second kappa shape index (κ2) is 8.06. The minimum Gasteiger partial charge on any atom is -0.335 e. The Labute approximate surface area is 156 Å². The summed E-state index contributed by atoms with van der Waals surface area (Å²) in [7, 11) is 1.78. The molecule has 0 aliphatic carbocycles. The Balaban J connectivity index is 1.67. The van der Waals surface area contributed by atoms with Gasteiger partial charge in [-0.25, -0.2) is 4.39 Å². The molecule has 132 valence electrons. The molecule has 3 nitrogen and oxygen atoms in total. The Kier molecular flexibility index (Phi) is 5.58. The predicted octanol–water partition coefficient (Wildman–Crippen LogP) is 5.18. The minimum atomic E-state index is -0.248. The van der Waals surface area contributed by atoms with Crippen LogP contribution in [0.15, 0.2) is 67.0 Å². The fraction of sp³-hybridized carbons (Fsp3) is 0.143. The molecule has 3 rings (SSSR count). The van der Waals surface area contributed by atoms with E-state index in [2.05, 4.69) is 4.98 Å². The maximum atomic E-state index is 13.0. The zero-order valence-electron chi connectivity index (χ0n) is 14.6. The average Bonchev–Trinajstić information content (AvgIpc) is 3.15. The van der Waals surface area contributed by atoms with E-state index in [1.54, 1.807) is 53.9 Å². The van der Waals surface area contributed by atoms with Crippen molar-refractivity contribution in [3.05, 3.63) is 83.3 Å². The Hall–Kier alpha value is -2.79. The molecule has 3 aromatic rings. The van der Waals surface area contributed by atoms with E-state index in [1.807, 2.05) is 37.3 Å². The lowest BCUT2D eigenvalue weighted by atomic mass is 10.1. The highest BCUT2D eigenvalue weighted by Crippen LogP contribution is 2.29. The zero-order valence-corrected chi connectivity index (χ0v) is 15.4. The summed E-state index contributed by atoms with van der Waals surface area (Å²) in [4.78, 5) is 20.2. The van der Waals surface area contributed by atoms with E-state index in [1.165, 1.54) is 12.1 Å². The van der Waals surface area contributed by atoms with Gasteiger partial charge in [-0.3, -0.25) is 9.78 Å². The van der Waals surface area contributed by atoms with Crippen LogP contribution in [0.1, 0.15) is 23.4 Å². The van der Waals surface area contributed by atoms with Crippen molar-refractivity contribution in [2.24, 2.45) is 0 Å². The molecule has 0 fully saturated rings. The third kappa shape index (κ3) is 4.24. The van der Waals surface area contributed by atoms with Gasteiger partial charge in [0, 0.05) is 35.3 Å². The molecular weight excluding hydrogens is 347 g/mol. The average molecular weight is 366 g/mol. The van der Waals surface area contributed by atoms with Crippen molar-refractivity contribution in [2.75, 3.05) is 7.05 Å². The third-order valence-corrected chi connectivity index (χ3v) is 5.34. The second-order valence-corrected chi connectivity index (χ2v) is 7.07. The van der Waals surface area contributed by atoms with Gasteiger partial charge in [-0.05, 0) is 54.5 Å². The molecule has 1 aromatic carbocycles. The number of rotatable bonds is 5. The lowest BCUT2D eigenvalue weighted by Crippen LogP contribution is -2.28. The highest BCUT2D eigenvalue weighted by atomic mass is 32.1. The van der Waals surface area contributed by atoms with E-state index >= 15 is 0 Å². The van der Waals surface area contributed by atoms with Gasteiger partial charge in [0.15, 0.2) is 0 Å². The first-order valence-corrected chi connectivity index (χ1v) is 9.07. The summed E-state index contributed by atoms with van der Waals surface area (Å²) in [5.74, 6) is -0.320. The molecule has 0 radical (unpaired) electrons. The molecule has 26 heavy (non-hydrogen) atoms. The first-order chi connectivity index (χ1) is 12.5. The molecular formula is C21H19FN2OS. The van der Waals surface area contributed by atoms with Gasteiger partial charge in [0.1, 0.15) is 5.82 Å². The van der Waals surface area contributed by atoms with Crippen LogP contribution in [-0.4, -0.2) is 22.8 Å². The summed E-state index contributed by atoms with van der Waals surface area (Å²) in [6, 6.07) is 14.1. The van der Waals surface area contributed by atoms with E-state index in [9.17, 15) is 9.18 Å². The maximum absolute atomic E-state index is 13.0. The summed E-state index contributed by atoms with van der Waals surface area (Å²) in [5, 5.41) is 0. The Bertz CT molecular complexity index is 903. The highest BCUT2D eigenvalue weighted by molar-refractivity contribution is 7.16. The molecule has 0 saturated carbocycles. The number of hydrogen-bond donors (Lipinski definition) is 0. The molecule has 0 saturated heterocycles. The van der Waals surface area contributed by atoms with Crippen molar-refractivity contribution in [2.45, 2.75) is 13.0 Å². The fourth-order valence-electron chi connectivity index (χ4n) is 2.52. The molecule has 0 aliphatic heterocycles. The van der Waals surface area contributed by atoms with E-state index in [-0.39, 0.29) is 17.8 Å². The van der Waals surface area contributed by atoms with Gasteiger partial charge in [-0.15, -0.1) is 11.3 Å². The van der Waals surface area contributed by atoms with Gasteiger partial charge in [0.2, 0.25) is 5.91 Å². The number of nitrogens with zero attached hydrogens (tertiary/aromatic N) is 2. The molecule has 0 bridgehead atoms. The van der Waals surface area contributed by atoms with Gasteiger partial charge in [0.25, 0.3) is 0 Å². The van der Waals surface area contributed by atoms with Crippen molar-refractivity contribution in [1.82, 2.24) is 9.88 Å². The van der Waals surface area contributed by atoms with Crippen molar-refractivity contribution in [3.8, 4) is 10.4 Å². The van der Waals surface area contributed by atoms with Crippen LogP contribution in [0, 0.1) is 5.82 Å². The van der Waals surface area contributed by atoms with Crippen molar-refractivity contribution in [3.63, 3.8) is 0 Å². The molecule has 0 aliphatic rings. The first kappa shape index (κ1) is 18.0. The third-order valence-electron chi connectivity index (χ3n) is 4.24. The Morgan fingerprint density at radius 3 is 2.65 bits per heavy atom. The number of pyridine rings is 1. The topological polar surface area (TPSA) is 33.2 Å². The number of halogens is 1. The van der Waals surface area contributed by atoms with Crippen molar-refractivity contribution >= 4 is 23.3 Å². The van der Waals surface area contributed by atoms with Gasteiger partial charge in [0.05, 0.1) is 6.04 Å². The van der Waals surface area contributed by atoms with Gasteiger partial charge >= 0.3 is 0 Å². The normalized spacial score (nSPS) is 12.3. The number of amides is 1. The van der Waals surface area contributed by atoms with Crippen LogP contribution in [0.2, 0.25) is 0 Å². The number of benzene rings is 1. The number of likely N-dealkylation sites (N-methyl/N-ethyl adjacent to an activating group) is 1. The van der Waals surface area contributed by atoms with Crippen LogP contribution in [0.3, 0.4) is 0 Å². The largest absolute Gasteiger partial charge is 0.335 e. The number of hydrogen-bond acceptors (Lipinski definition) is 3. The molecule has 2 aromatic heterocycles. The van der Waals surface area contributed by atoms with Crippen LogP contribution in [0.4, 0.5) is 4.39 Å². The maximum Gasteiger partial charge on any atom is 0.246 e. The molecule has 2 heterocycles. The molecule has 5 heteroatoms. The SMILES string of the molecule is C[C@H](c1cccnc1)N(C)C(=O)/C=C/c1ccc(-c2ccc(F)cc2)s1. The van der Waals surface area contributed by atoms with E-state index < -0.39 is 0 Å². The van der Waals surface area contributed by atoms with Crippen LogP contribution in [0.25, 0.3) is 16.5 Å². The number of carbonyl (C=O) groups excluding carboxylic acids is 1. The van der Waals surface area contributed by atoms with Crippen molar-refractivity contribution in [1.29, 1.82) is 0 Å². The number of thiophene rings is 1. The molecule has 0 spiro atoms. The van der Waals surface area contributed by atoms with Crippen molar-refractivity contribution < 1.29 is 9.18 Å². The van der Waals surface area contributed by atoms with Gasteiger partial charge in [-0.2, -0.15) is 0 Å². The smallest absolute Gasteiger partial charge is 0.246 e. The Morgan fingerprint density at radius 2 is 1.96 bits per heavy atom. The van der Waals surface area contributed by atoms with Crippen LogP contribution in [0.5, 0.6) is 0 Å². The fourth-order valence-corrected chi connectivity index (χ4v) is 3.44. The van der Waals surface area contributed by atoms with E-state index in [4.69, 9.17) is 0 Å². The van der Waals surface area contributed by atoms with Gasteiger partial charge < -0.3 is 4.90 Å². The minimum absolute atomic E-state index is 0.0565. The monoisotopic (exact) mass is 366 g/mol. The number of aromatic nitrogens is 1. The first-order valence-electron chi connectivity index (χ1n) is 8.25. The van der Waals surface area contributed by atoms with Crippen LogP contribution < -0.4 is 0 Å².